The zero-order chi connectivity index (χ0) is 19.2. The van der Waals surface area contributed by atoms with Gasteiger partial charge in [-0.05, 0) is 50.7 Å². The van der Waals surface area contributed by atoms with Crippen LogP contribution in [0, 0.1) is 11.8 Å². The highest BCUT2D eigenvalue weighted by Crippen LogP contribution is 2.29. The number of nitrogens with zero attached hydrogens (tertiary/aromatic N) is 1. The highest BCUT2D eigenvalue weighted by molar-refractivity contribution is 5.98. The Bertz CT molecular complexity index is 662. The van der Waals surface area contributed by atoms with E-state index in [1.807, 2.05) is 6.07 Å². The van der Waals surface area contributed by atoms with Crippen LogP contribution in [0.1, 0.15) is 51.4 Å². The van der Waals surface area contributed by atoms with E-state index in [1.165, 1.54) is 4.90 Å². The van der Waals surface area contributed by atoms with E-state index in [1.54, 1.807) is 24.3 Å². The predicted octanol–water partition coefficient (Wildman–Crippen LogP) is 2.97. The summed E-state index contributed by atoms with van der Waals surface area (Å²) in [6.45, 7) is -0.332. The molecule has 27 heavy (non-hydrogen) atoms. The minimum absolute atomic E-state index is 0.131. The molecule has 0 heterocycles. The van der Waals surface area contributed by atoms with Gasteiger partial charge in [0.25, 0.3) is 0 Å². The molecule has 6 nitrogen and oxygen atoms in total. The van der Waals surface area contributed by atoms with Crippen LogP contribution in [0.25, 0.3) is 0 Å². The second-order valence-electron chi connectivity index (χ2n) is 7.69. The van der Waals surface area contributed by atoms with Gasteiger partial charge < -0.3 is 15.3 Å². The lowest BCUT2D eigenvalue weighted by Crippen LogP contribution is -2.44. The molecule has 0 saturated heterocycles. The van der Waals surface area contributed by atoms with Crippen molar-refractivity contribution in [2.75, 3.05) is 11.4 Å². The molecular formula is C21H28N2O4. The van der Waals surface area contributed by atoms with E-state index in [0.717, 1.165) is 38.5 Å². The smallest absolute Gasteiger partial charge is 0.323 e. The van der Waals surface area contributed by atoms with E-state index in [2.05, 4.69) is 5.32 Å². The molecule has 0 atom stereocenters. The second kappa shape index (κ2) is 9.02. The van der Waals surface area contributed by atoms with E-state index in [-0.39, 0.29) is 36.2 Å². The van der Waals surface area contributed by atoms with Crippen molar-refractivity contribution < 1.29 is 19.5 Å². The van der Waals surface area contributed by atoms with Crippen LogP contribution >= 0.6 is 0 Å². The average molecular weight is 372 g/mol. The van der Waals surface area contributed by atoms with Gasteiger partial charge in [0.05, 0.1) is 0 Å². The molecule has 6 heteroatoms. The van der Waals surface area contributed by atoms with Crippen LogP contribution < -0.4 is 10.2 Å². The molecule has 1 aromatic rings. The van der Waals surface area contributed by atoms with E-state index >= 15 is 0 Å². The molecule has 146 valence electrons. The lowest BCUT2D eigenvalue weighted by molar-refractivity contribution is -0.137. The first-order valence-corrected chi connectivity index (χ1v) is 9.93. The number of carbonyl (C=O) groups is 3. The zero-order valence-electron chi connectivity index (χ0n) is 15.6. The summed E-state index contributed by atoms with van der Waals surface area (Å²) >= 11 is 0. The lowest BCUT2D eigenvalue weighted by Gasteiger charge is -2.32. The lowest BCUT2D eigenvalue weighted by atomic mass is 9.84. The first-order chi connectivity index (χ1) is 13.0. The summed E-state index contributed by atoms with van der Waals surface area (Å²) in [6.07, 6.45) is 7.14. The summed E-state index contributed by atoms with van der Waals surface area (Å²) in [5, 5.41) is 12.4. The Labute approximate surface area is 159 Å². The first kappa shape index (κ1) is 19.4. The van der Waals surface area contributed by atoms with E-state index in [9.17, 15) is 19.5 Å². The minimum Gasteiger partial charge on any atom is -0.480 e. The molecule has 0 aliphatic heterocycles. The summed E-state index contributed by atoms with van der Waals surface area (Å²) in [6, 6.07) is 9.08. The molecule has 0 spiro atoms. The Balaban J connectivity index is 1.56. The predicted molar refractivity (Wildman–Crippen MR) is 102 cm³/mol. The second-order valence-corrected chi connectivity index (χ2v) is 7.69. The third-order valence-electron chi connectivity index (χ3n) is 5.78. The Morgan fingerprint density at radius 1 is 0.926 bits per heavy atom. The summed E-state index contributed by atoms with van der Waals surface area (Å²) in [5.74, 6) is -1.02. The Morgan fingerprint density at radius 3 is 2.15 bits per heavy atom. The number of benzene rings is 1. The molecule has 2 N–H and O–H groups in total. The summed E-state index contributed by atoms with van der Waals surface area (Å²) < 4.78 is 0. The standard InChI is InChI=1S/C21H28N2O4/c24-19(25)14-23(18-8-2-1-3-9-18)21(27)16-10-12-17(13-11-16)22-20(26)15-6-4-5-7-15/h1-3,8-9,15-17H,4-7,10-14H2,(H,22,26)(H,24,25). The number of nitrogens with one attached hydrogen (secondary N) is 1. The van der Waals surface area contributed by atoms with Gasteiger partial charge in [-0.2, -0.15) is 0 Å². The third-order valence-corrected chi connectivity index (χ3v) is 5.78. The minimum atomic E-state index is -1.02. The third kappa shape index (κ3) is 5.08. The largest absolute Gasteiger partial charge is 0.480 e. The van der Waals surface area contributed by atoms with Gasteiger partial charge in [0.1, 0.15) is 6.54 Å². The Hall–Kier alpha value is -2.37. The van der Waals surface area contributed by atoms with Crippen LogP contribution in [-0.2, 0) is 14.4 Å². The van der Waals surface area contributed by atoms with E-state index in [0.29, 0.717) is 18.5 Å². The van der Waals surface area contributed by atoms with Gasteiger partial charge in [-0.25, -0.2) is 0 Å². The van der Waals surface area contributed by atoms with Gasteiger partial charge in [0.2, 0.25) is 11.8 Å². The summed E-state index contributed by atoms with van der Waals surface area (Å²) in [4.78, 5) is 37.8. The maximum Gasteiger partial charge on any atom is 0.323 e. The van der Waals surface area contributed by atoms with Crippen LogP contribution in [0.4, 0.5) is 5.69 Å². The van der Waals surface area contributed by atoms with Crippen LogP contribution in [0.3, 0.4) is 0 Å². The number of hydrogen-bond donors (Lipinski definition) is 2. The van der Waals surface area contributed by atoms with Crippen molar-refractivity contribution in [1.82, 2.24) is 5.32 Å². The highest BCUT2D eigenvalue weighted by atomic mass is 16.4. The normalized spacial score (nSPS) is 23.0. The van der Waals surface area contributed by atoms with Gasteiger partial charge in [-0.15, -0.1) is 0 Å². The summed E-state index contributed by atoms with van der Waals surface area (Å²) in [7, 11) is 0. The number of para-hydroxylation sites is 1. The molecule has 2 aliphatic carbocycles. The Morgan fingerprint density at radius 2 is 1.56 bits per heavy atom. The molecule has 2 saturated carbocycles. The molecule has 2 amide bonds. The topological polar surface area (TPSA) is 86.7 Å². The van der Waals surface area contributed by atoms with Crippen molar-refractivity contribution >= 4 is 23.5 Å². The van der Waals surface area contributed by atoms with Gasteiger partial charge >= 0.3 is 5.97 Å². The van der Waals surface area contributed by atoms with Crippen molar-refractivity contribution in [1.29, 1.82) is 0 Å². The van der Waals surface area contributed by atoms with Crippen LogP contribution in [-0.4, -0.2) is 35.5 Å². The van der Waals surface area contributed by atoms with Crippen LogP contribution in [0.5, 0.6) is 0 Å². The zero-order valence-corrected chi connectivity index (χ0v) is 15.6. The Kier molecular flexibility index (Phi) is 6.48. The molecule has 0 bridgehead atoms. The first-order valence-electron chi connectivity index (χ1n) is 9.93. The number of rotatable bonds is 6. The number of hydrogen-bond acceptors (Lipinski definition) is 3. The number of anilines is 1. The fourth-order valence-corrected chi connectivity index (χ4v) is 4.25. The molecule has 2 aliphatic rings. The van der Waals surface area contributed by atoms with E-state index < -0.39 is 5.97 Å². The molecular weight excluding hydrogens is 344 g/mol. The van der Waals surface area contributed by atoms with Gasteiger partial charge in [0, 0.05) is 23.6 Å². The highest BCUT2D eigenvalue weighted by Gasteiger charge is 2.32. The van der Waals surface area contributed by atoms with Crippen molar-refractivity contribution in [3.05, 3.63) is 30.3 Å². The number of aliphatic carboxylic acids is 1. The molecule has 0 radical (unpaired) electrons. The summed E-state index contributed by atoms with van der Waals surface area (Å²) in [5.41, 5.74) is 0.613. The number of carbonyl (C=O) groups excluding carboxylic acids is 2. The molecule has 0 aromatic heterocycles. The van der Waals surface area contributed by atoms with Crippen molar-refractivity contribution in [3.8, 4) is 0 Å². The molecule has 3 rings (SSSR count). The number of amides is 2. The number of carboxylic acid groups (broad SMARTS) is 1. The molecule has 1 aromatic carbocycles. The average Bonchev–Trinajstić information content (AvgIpc) is 3.22. The maximum atomic E-state index is 12.9. The van der Waals surface area contributed by atoms with Crippen molar-refractivity contribution in [2.45, 2.75) is 57.4 Å². The van der Waals surface area contributed by atoms with E-state index in [4.69, 9.17) is 0 Å². The van der Waals surface area contributed by atoms with Gasteiger partial charge in [0.15, 0.2) is 0 Å². The molecule has 2 fully saturated rings. The fourth-order valence-electron chi connectivity index (χ4n) is 4.25. The van der Waals surface area contributed by atoms with Gasteiger partial charge in [-0.1, -0.05) is 31.0 Å². The SMILES string of the molecule is O=C(O)CN(C(=O)C1CCC(NC(=O)C2CCCC2)CC1)c1ccccc1. The number of carboxylic acids is 1. The molecule has 0 unspecified atom stereocenters. The van der Waals surface area contributed by atoms with Crippen molar-refractivity contribution in [2.24, 2.45) is 11.8 Å². The van der Waals surface area contributed by atoms with Crippen LogP contribution in [0.15, 0.2) is 30.3 Å². The quantitative estimate of drug-likeness (QED) is 0.804. The van der Waals surface area contributed by atoms with Gasteiger partial charge in [-0.3, -0.25) is 14.4 Å². The van der Waals surface area contributed by atoms with Crippen molar-refractivity contribution in [3.63, 3.8) is 0 Å². The fraction of sp³-hybridized carbons (Fsp3) is 0.571. The maximum absolute atomic E-state index is 12.9. The van der Waals surface area contributed by atoms with Crippen LogP contribution in [0.2, 0.25) is 0 Å². The monoisotopic (exact) mass is 372 g/mol.